The van der Waals surface area contributed by atoms with Crippen LogP contribution in [0.1, 0.15) is 6.42 Å². The number of carbonyl (C=O) groups excluding carboxylic acids is 1. The van der Waals surface area contributed by atoms with Crippen LogP contribution in [-0.2, 0) is 15.6 Å². The first-order valence-corrected chi connectivity index (χ1v) is 7.52. The van der Waals surface area contributed by atoms with Crippen LogP contribution in [0.4, 0.5) is 0 Å². The normalized spacial score (nSPS) is 14.8. The van der Waals surface area contributed by atoms with E-state index in [1.165, 1.54) is 0 Å². The van der Waals surface area contributed by atoms with Gasteiger partial charge < -0.3 is 11.1 Å². The van der Waals surface area contributed by atoms with Crippen molar-refractivity contribution in [1.82, 2.24) is 5.32 Å². The fraction of sp³-hybridized carbons (Fsp3) is 0.875. The number of amides is 1. The van der Waals surface area contributed by atoms with Crippen molar-refractivity contribution in [3.05, 3.63) is 0 Å². The first-order valence-electron chi connectivity index (χ1n) is 4.40. The quantitative estimate of drug-likeness (QED) is 0.631. The molecule has 0 aliphatic rings. The van der Waals surface area contributed by atoms with E-state index in [1.807, 2.05) is 6.26 Å². The molecule has 0 saturated heterocycles. The van der Waals surface area contributed by atoms with Crippen molar-refractivity contribution in [3.63, 3.8) is 0 Å². The highest BCUT2D eigenvalue weighted by molar-refractivity contribution is 7.98. The zero-order chi connectivity index (χ0) is 11.0. The van der Waals surface area contributed by atoms with Gasteiger partial charge in [0, 0.05) is 29.4 Å². The molecule has 0 aromatic rings. The zero-order valence-corrected chi connectivity index (χ0v) is 10.2. The monoisotopic (exact) mass is 238 g/mol. The van der Waals surface area contributed by atoms with Gasteiger partial charge in [-0.15, -0.1) is 0 Å². The number of hydrogen-bond acceptors (Lipinski definition) is 4. The smallest absolute Gasteiger partial charge is 0.236 e. The second kappa shape index (κ2) is 8.26. The van der Waals surface area contributed by atoms with Crippen LogP contribution in [0.5, 0.6) is 0 Å². The van der Waals surface area contributed by atoms with E-state index in [4.69, 9.17) is 5.73 Å². The molecule has 6 heteroatoms. The van der Waals surface area contributed by atoms with Crippen LogP contribution >= 0.6 is 11.8 Å². The fourth-order valence-electron chi connectivity index (χ4n) is 0.825. The van der Waals surface area contributed by atoms with Gasteiger partial charge in [0.25, 0.3) is 0 Å². The summed E-state index contributed by atoms with van der Waals surface area (Å²) in [5.41, 5.74) is 5.62. The maximum absolute atomic E-state index is 11.3. The molecule has 4 nitrogen and oxygen atoms in total. The van der Waals surface area contributed by atoms with Gasteiger partial charge >= 0.3 is 0 Å². The zero-order valence-electron chi connectivity index (χ0n) is 8.62. The molecule has 0 saturated carbocycles. The molecular weight excluding hydrogens is 220 g/mol. The van der Waals surface area contributed by atoms with Gasteiger partial charge in [0.1, 0.15) is 0 Å². The lowest BCUT2D eigenvalue weighted by Crippen LogP contribution is -2.42. The molecule has 2 atom stereocenters. The molecule has 0 heterocycles. The van der Waals surface area contributed by atoms with Gasteiger partial charge in [0.15, 0.2) is 0 Å². The molecule has 0 radical (unpaired) electrons. The highest BCUT2D eigenvalue weighted by Crippen LogP contribution is 1.98. The molecule has 14 heavy (non-hydrogen) atoms. The van der Waals surface area contributed by atoms with Crippen LogP contribution in [0.15, 0.2) is 0 Å². The summed E-state index contributed by atoms with van der Waals surface area (Å²) in [6.45, 7) is 0.439. The molecule has 0 fully saturated rings. The predicted octanol–water partition coefficient (Wildman–Crippen LogP) is -0.438. The third-order valence-electron chi connectivity index (χ3n) is 1.66. The van der Waals surface area contributed by atoms with E-state index in [0.717, 1.165) is 5.75 Å². The molecule has 0 aromatic heterocycles. The second-order valence-electron chi connectivity index (χ2n) is 2.96. The highest BCUT2D eigenvalue weighted by atomic mass is 32.2. The van der Waals surface area contributed by atoms with Gasteiger partial charge in [0.05, 0.1) is 6.04 Å². The number of hydrogen-bond donors (Lipinski definition) is 2. The lowest BCUT2D eigenvalue weighted by Gasteiger charge is -2.10. The SMILES string of the molecule is CSCC[C@H](N)C(=O)NCCS(C)=O. The lowest BCUT2D eigenvalue weighted by atomic mass is 10.2. The van der Waals surface area contributed by atoms with E-state index in [9.17, 15) is 9.00 Å². The van der Waals surface area contributed by atoms with Gasteiger partial charge in [-0.25, -0.2) is 0 Å². The van der Waals surface area contributed by atoms with Crippen LogP contribution in [0, 0.1) is 0 Å². The number of carbonyl (C=O) groups is 1. The number of thioether (sulfide) groups is 1. The van der Waals surface area contributed by atoms with E-state index in [2.05, 4.69) is 5.32 Å². The van der Waals surface area contributed by atoms with Gasteiger partial charge in [-0.1, -0.05) is 0 Å². The molecule has 1 amide bonds. The summed E-state index contributed by atoms with van der Waals surface area (Å²) in [5, 5.41) is 2.66. The van der Waals surface area contributed by atoms with Gasteiger partial charge in [0.2, 0.25) is 5.91 Å². The third-order valence-corrected chi connectivity index (χ3v) is 3.08. The summed E-state index contributed by atoms with van der Waals surface area (Å²) in [6.07, 6.45) is 4.27. The maximum atomic E-state index is 11.3. The van der Waals surface area contributed by atoms with Crippen molar-refractivity contribution in [1.29, 1.82) is 0 Å². The lowest BCUT2D eigenvalue weighted by molar-refractivity contribution is -0.122. The Bertz CT molecular complexity index is 200. The van der Waals surface area contributed by atoms with Crippen molar-refractivity contribution in [2.45, 2.75) is 12.5 Å². The van der Waals surface area contributed by atoms with Crippen LogP contribution in [0.25, 0.3) is 0 Å². The summed E-state index contributed by atoms with van der Waals surface area (Å²) < 4.78 is 10.7. The highest BCUT2D eigenvalue weighted by Gasteiger charge is 2.11. The summed E-state index contributed by atoms with van der Waals surface area (Å²) in [5.74, 6) is 1.22. The van der Waals surface area contributed by atoms with Gasteiger partial charge in [-0.2, -0.15) is 11.8 Å². The average molecular weight is 238 g/mol. The molecule has 84 valence electrons. The maximum Gasteiger partial charge on any atom is 0.236 e. The minimum absolute atomic E-state index is 0.149. The molecular formula is C8H18N2O2S2. The Morgan fingerprint density at radius 1 is 1.64 bits per heavy atom. The first-order chi connectivity index (χ1) is 6.57. The molecule has 0 aliphatic heterocycles. The van der Waals surface area contributed by atoms with E-state index < -0.39 is 16.8 Å². The molecule has 0 spiro atoms. The van der Waals surface area contributed by atoms with Crippen molar-refractivity contribution >= 4 is 28.5 Å². The second-order valence-corrected chi connectivity index (χ2v) is 5.50. The van der Waals surface area contributed by atoms with Crippen molar-refractivity contribution in [3.8, 4) is 0 Å². The van der Waals surface area contributed by atoms with E-state index >= 15 is 0 Å². The predicted molar refractivity (Wildman–Crippen MR) is 62.9 cm³/mol. The van der Waals surface area contributed by atoms with Crippen LogP contribution in [0.3, 0.4) is 0 Å². The van der Waals surface area contributed by atoms with Crippen molar-refractivity contribution in [2.75, 3.05) is 30.6 Å². The summed E-state index contributed by atoms with van der Waals surface area (Å²) in [7, 11) is -0.860. The van der Waals surface area contributed by atoms with Gasteiger partial charge in [-0.05, 0) is 18.4 Å². The third kappa shape index (κ3) is 7.34. The number of nitrogens with one attached hydrogen (secondary N) is 1. The number of rotatable bonds is 7. The van der Waals surface area contributed by atoms with E-state index in [-0.39, 0.29) is 5.91 Å². The van der Waals surface area contributed by atoms with Gasteiger partial charge in [-0.3, -0.25) is 9.00 Å². The Morgan fingerprint density at radius 2 is 2.29 bits per heavy atom. The largest absolute Gasteiger partial charge is 0.354 e. The molecule has 0 aliphatic carbocycles. The minimum Gasteiger partial charge on any atom is -0.354 e. The Morgan fingerprint density at radius 3 is 2.79 bits per heavy atom. The van der Waals surface area contributed by atoms with Crippen LogP contribution in [0.2, 0.25) is 0 Å². The Kier molecular flexibility index (Phi) is 8.21. The standard InChI is InChI=1S/C8H18N2O2S2/c1-13-5-3-7(9)8(11)10-4-6-14(2)12/h7H,3-6,9H2,1-2H3,(H,10,11)/t7-,14?/m0/s1. The van der Waals surface area contributed by atoms with E-state index in [0.29, 0.717) is 18.7 Å². The Balaban J connectivity index is 3.56. The number of nitrogens with two attached hydrogens (primary N) is 1. The average Bonchev–Trinajstić information content (AvgIpc) is 2.13. The van der Waals surface area contributed by atoms with Crippen molar-refractivity contribution < 1.29 is 9.00 Å². The Hall–Kier alpha value is -0.0700. The van der Waals surface area contributed by atoms with Crippen LogP contribution < -0.4 is 11.1 Å². The topological polar surface area (TPSA) is 72.2 Å². The molecule has 3 N–H and O–H groups in total. The summed E-state index contributed by atoms with van der Waals surface area (Å²) in [4.78, 5) is 11.3. The first kappa shape index (κ1) is 13.9. The van der Waals surface area contributed by atoms with Crippen molar-refractivity contribution in [2.24, 2.45) is 5.73 Å². The molecule has 0 bridgehead atoms. The Labute approximate surface area is 91.8 Å². The van der Waals surface area contributed by atoms with E-state index in [1.54, 1.807) is 18.0 Å². The fourth-order valence-corrected chi connectivity index (χ4v) is 1.70. The minimum atomic E-state index is -0.860. The molecule has 0 rings (SSSR count). The summed E-state index contributed by atoms with van der Waals surface area (Å²) in [6, 6.07) is -0.437. The molecule has 0 aromatic carbocycles. The molecule has 1 unspecified atom stereocenters. The summed E-state index contributed by atoms with van der Waals surface area (Å²) >= 11 is 1.67. The van der Waals surface area contributed by atoms with Crippen LogP contribution in [-0.4, -0.2) is 46.7 Å².